The summed E-state index contributed by atoms with van der Waals surface area (Å²) in [6.45, 7) is 0.995. The van der Waals surface area contributed by atoms with Gasteiger partial charge in [0.2, 0.25) is 0 Å². The fourth-order valence-electron chi connectivity index (χ4n) is 2.16. The van der Waals surface area contributed by atoms with Gasteiger partial charge in [0.25, 0.3) is 0 Å². The molecule has 2 nitrogen and oxygen atoms in total. The third kappa shape index (κ3) is 3.73. The van der Waals surface area contributed by atoms with E-state index in [0.29, 0.717) is 13.2 Å². The van der Waals surface area contributed by atoms with E-state index >= 15 is 0 Å². The molecule has 1 aromatic heterocycles. The molecule has 0 N–H and O–H groups in total. The molecule has 0 aliphatic heterocycles. The first kappa shape index (κ1) is 14.8. The molecule has 0 aliphatic rings. The molecule has 0 unspecified atom stereocenters. The monoisotopic (exact) mass is 351 g/mol. The van der Waals surface area contributed by atoms with Gasteiger partial charge in [0.05, 0.1) is 12.1 Å². The quantitative estimate of drug-likeness (QED) is 0.509. The van der Waals surface area contributed by atoms with Crippen molar-refractivity contribution in [1.29, 1.82) is 0 Å². The number of aromatic nitrogens is 1. The van der Waals surface area contributed by atoms with Crippen molar-refractivity contribution in [2.75, 3.05) is 6.61 Å². The second-order valence-corrected chi connectivity index (χ2v) is 5.72. The Morgan fingerprint density at radius 1 is 1.05 bits per heavy atom. The van der Waals surface area contributed by atoms with E-state index in [1.54, 1.807) is 6.20 Å². The first-order valence-electron chi connectivity index (χ1n) is 6.98. The van der Waals surface area contributed by atoms with Crippen LogP contribution in [-0.4, -0.2) is 11.6 Å². The summed E-state index contributed by atoms with van der Waals surface area (Å²) in [5.41, 5.74) is 3.07. The van der Waals surface area contributed by atoms with E-state index in [-0.39, 0.29) is 0 Å². The zero-order chi connectivity index (χ0) is 15.2. The van der Waals surface area contributed by atoms with Gasteiger partial charge in [-0.3, -0.25) is 4.98 Å². The van der Waals surface area contributed by atoms with Gasteiger partial charge in [0.1, 0.15) is 6.61 Å². The lowest BCUT2D eigenvalue weighted by Gasteiger charge is -2.01. The van der Waals surface area contributed by atoms with E-state index < -0.39 is 0 Å². The van der Waals surface area contributed by atoms with Crippen LogP contribution in [0, 0.1) is 11.8 Å². The Labute approximate surface area is 138 Å². The number of hydrogen-bond donors (Lipinski definition) is 0. The summed E-state index contributed by atoms with van der Waals surface area (Å²) in [4.78, 5) is 4.36. The Morgan fingerprint density at radius 2 is 1.91 bits per heavy atom. The van der Waals surface area contributed by atoms with E-state index in [0.717, 1.165) is 26.5 Å². The predicted molar refractivity (Wildman–Crippen MR) is 92.4 cm³/mol. The molecule has 0 bridgehead atoms. The van der Waals surface area contributed by atoms with Crippen LogP contribution in [-0.2, 0) is 11.3 Å². The lowest BCUT2D eigenvalue weighted by molar-refractivity contribution is 0.153. The first-order valence-corrected chi connectivity index (χ1v) is 7.77. The van der Waals surface area contributed by atoms with Gasteiger partial charge < -0.3 is 4.74 Å². The maximum absolute atomic E-state index is 5.58. The van der Waals surface area contributed by atoms with Crippen LogP contribution in [0.3, 0.4) is 0 Å². The molecule has 108 valence electrons. The lowest BCUT2D eigenvalue weighted by Crippen LogP contribution is -1.92. The molecule has 1 heterocycles. The Morgan fingerprint density at radius 3 is 2.77 bits per heavy atom. The second kappa shape index (κ2) is 7.22. The van der Waals surface area contributed by atoms with Gasteiger partial charge in [-0.25, -0.2) is 0 Å². The van der Waals surface area contributed by atoms with E-state index in [4.69, 9.17) is 4.74 Å². The fourth-order valence-corrected chi connectivity index (χ4v) is 2.50. The molecule has 2 aromatic carbocycles. The average molecular weight is 352 g/mol. The lowest BCUT2D eigenvalue weighted by atomic mass is 10.1. The van der Waals surface area contributed by atoms with Crippen molar-refractivity contribution < 1.29 is 4.74 Å². The molecule has 0 fully saturated rings. The molecule has 0 saturated carbocycles. The number of pyridine rings is 1. The molecule has 3 rings (SSSR count). The summed E-state index contributed by atoms with van der Waals surface area (Å²) in [6.07, 6.45) is 1.78. The molecular formula is C19H14BrNO. The van der Waals surface area contributed by atoms with Crippen LogP contribution in [0.25, 0.3) is 10.9 Å². The minimum atomic E-state index is 0.412. The maximum atomic E-state index is 5.58. The van der Waals surface area contributed by atoms with Crippen LogP contribution >= 0.6 is 15.9 Å². The summed E-state index contributed by atoms with van der Waals surface area (Å²) in [5.74, 6) is 6.23. The van der Waals surface area contributed by atoms with Gasteiger partial charge in [0, 0.05) is 21.6 Å². The molecule has 22 heavy (non-hydrogen) atoms. The summed E-state index contributed by atoms with van der Waals surface area (Å²) >= 11 is 3.46. The topological polar surface area (TPSA) is 22.1 Å². The minimum absolute atomic E-state index is 0.412. The van der Waals surface area contributed by atoms with Crippen LogP contribution in [0.1, 0.15) is 11.1 Å². The second-order valence-electron chi connectivity index (χ2n) is 4.80. The van der Waals surface area contributed by atoms with Gasteiger partial charge >= 0.3 is 0 Å². The van der Waals surface area contributed by atoms with Crippen LogP contribution in [0.5, 0.6) is 0 Å². The van der Waals surface area contributed by atoms with Gasteiger partial charge in [-0.15, -0.1) is 0 Å². The largest absolute Gasteiger partial charge is 0.364 e. The van der Waals surface area contributed by atoms with Crippen molar-refractivity contribution in [1.82, 2.24) is 4.98 Å². The first-order chi connectivity index (χ1) is 10.8. The number of nitrogens with zero attached hydrogens (tertiary/aromatic N) is 1. The van der Waals surface area contributed by atoms with Gasteiger partial charge in [-0.05, 0) is 23.8 Å². The number of hydrogen-bond acceptors (Lipinski definition) is 2. The molecular weight excluding hydrogens is 338 g/mol. The highest BCUT2D eigenvalue weighted by molar-refractivity contribution is 9.10. The van der Waals surface area contributed by atoms with Crippen LogP contribution < -0.4 is 0 Å². The Bertz CT molecular complexity index is 834. The summed E-state index contributed by atoms with van der Waals surface area (Å²) in [5, 5.41) is 1.06. The van der Waals surface area contributed by atoms with Crippen molar-refractivity contribution in [2.24, 2.45) is 0 Å². The fraction of sp³-hybridized carbons (Fsp3) is 0.105. The van der Waals surface area contributed by atoms with Crippen LogP contribution in [0.4, 0.5) is 0 Å². The Kier molecular flexibility index (Phi) is 4.85. The number of ether oxygens (including phenoxy) is 1. The molecule has 0 spiro atoms. The van der Waals surface area contributed by atoms with Crippen LogP contribution in [0.2, 0.25) is 0 Å². The third-order valence-corrected chi connectivity index (χ3v) is 3.71. The highest BCUT2D eigenvalue weighted by Crippen LogP contribution is 2.20. The normalized spacial score (nSPS) is 10.2. The number of rotatable bonds is 3. The van der Waals surface area contributed by atoms with E-state index in [1.807, 2.05) is 54.6 Å². The van der Waals surface area contributed by atoms with Crippen molar-refractivity contribution in [3.8, 4) is 11.8 Å². The standard InChI is InChI=1S/C19H14BrNO/c20-17-8-9-18-16(10-11-21-19(18)13-17)7-4-12-22-14-15-5-2-1-3-6-15/h1-3,5-6,8-11,13H,12,14H2. The molecule has 0 atom stereocenters. The van der Waals surface area contributed by atoms with E-state index in [9.17, 15) is 0 Å². The van der Waals surface area contributed by atoms with E-state index in [1.165, 1.54) is 0 Å². The highest BCUT2D eigenvalue weighted by atomic mass is 79.9. The molecule has 3 aromatic rings. The van der Waals surface area contributed by atoms with Crippen molar-refractivity contribution in [3.05, 3.63) is 76.4 Å². The third-order valence-electron chi connectivity index (χ3n) is 3.21. The van der Waals surface area contributed by atoms with Gasteiger partial charge in [0.15, 0.2) is 0 Å². The zero-order valence-electron chi connectivity index (χ0n) is 11.9. The molecule has 3 heteroatoms. The Balaban J connectivity index is 1.67. The van der Waals surface area contributed by atoms with Crippen molar-refractivity contribution in [3.63, 3.8) is 0 Å². The Hall–Kier alpha value is -2.15. The predicted octanol–water partition coefficient (Wildman–Crippen LogP) is 4.57. The van der Waals surface area contributed by atoms with Crippen LogP contribution in [0.15, 0.2) is 65.3 Å². The highest BCUT2D eigenvalue weighted by Gasteiger charge is 1.99. The SMILES string of the molecule is Brc1ccc2c(C#CCOCc3ccccc3)ccnc2c1. The average Bonchev–Trinajstić information content (AvgIpc) is 2.55. The summed E-state index contributed by atoms with van der Waals surface area (Å²) in [7, 11) is 0. The van der Waals surface area contributed by atoms with Gasteiger partial charge in [-0.1, -0.05) is 64.2 Å². The van der Waals surface area contributed by atoms with Gasteiger partial charge in [-0.2, -0.15) is 0 Å². The number of benzene rings is 2. The minimum Gasteiger partial charge on any atom is -0.364 e. The molecule has 0 aliphatic carbocycles. The molecule has 0 saturated heterocycles. The van der Waals surface area contributed by atoms with Crippen molar-refractivity contribution in [2.45, 2.75) is 6.61 Å². The maximum Gasteiger partial charge on any atom is 0.108 e. The molecule has 0 amide bonds. The summed E-state index contributed by atoms with van der Waals surface area (Å²) in [6, 6.07) is 18.0. The number of halogens is 1. The molecule has 0 radical (unpaired) electrons. The number of fused-ring (bicyclic) bond motifs is 1. The smallest absolute Gasteiger partial charge is 0.108 e. The van der Waals surface area contributed by atoms with Crippen molar-refractivity contribution >= 4 is 26.8 Å². The zero-order valence-corrected chi connectivity index (χ0v) is 13.5. The summed E-state index contributed by atoms with van der Waals surface area (Å²) < 4.78 is 6.59. The van der Waals surface area contributed by atoms with E-state index in [2.05, 4.69) is 32.8 Å².